The van der Waals surface area contributed by atoms with Crippen LogP contribution in [0.1, 0.15) is 13.3 Å². The van der Waals surface area contributed by atoms with Crippen molar-refractivity contribution < 1.29 is 0 Å². The van der Waals surface area contributed by atoms with Gasteiger partial charge in [-0.2, -0.15) is 10.4 Å². The van der Waals surface area contributed by atoms with E-state index >= 15 is 0 Å². The van der Waals surface area contributed by atoms with Gasteiger partial charge < -0.3 is 14.7 Å². The second-order valence-electron chi connectivity index (χ2n) is 6.53. The molecule has 3 rings (SSSR count). The smallest absolute Gasteiger partial charge is 0.113 e. The van der Waals surface area contributed by atoms with Crippen molar-refractivity contribution in [3.05, 3.63) is 41.4 Å². The van der Waals surface area contributed by atoms with Gasteiger partial charge in [0.2, 0.25) is 0 Å². The summed E-state index contributed by atoms with van der Waals surface area (Å²) in [5.74, 6) is 0. The van der Waals surface area contributed by atoms with Gasteiger partial charge in [-0.15, -0.1) is 5.11 Å². The molecule has 7 heteroatoms. The lowest BCUT2D eigenvalue weighted by Gasteiger charge is -2.21. The van der Waals surface area contributed by atoms with Crippen LogP contribution < -0.4 is 14.7 Å². The van der Waals surface area contributed by atoms with Crippen LogP contribution in [0.5, 0.6) is 0 Å². The molecule has 0 atom stereocenters. The number of halogens is 1. The Hall–Kier alpha value is -2.78. The third-order valence-corrected chi connectivity index (χ3v) is 4.83. The fourth-order valence-electron chi connectivity index (χ4n) is 3.29. The Bertz CT molecular complexity index is 871. The molecule has 0 saturated carbocycles. The van der Waals surface area contributed by atoms with Crippen LogP contribution in [0.4, 0.5) is 28.4 Å². The maximum absolute atomic E-state index is 8.78. The van der Waals surface area contributed by atoms with Crippen LogP contribution in [0.15, 0.2) is 46.6 Å². The minimum atomic E-state index is 0.511. The van der Waals surface area contributed by atoms with Crippen LogP contribution in [0.25, 0.3) is 0 Å². The minimum absolute atomic E-state index is 0.511. The van der Waals surface area contributed by atoms with Crippen LogP contribution in [-0.2, 0) is 0 Å². The third kappa shape index (κ3) is 4.15. The van der Waals surface area contributed by atoms with Gasteiger partial charge in [-0.3, -0.25) is 0 Å². The molecule has 2 aromatic carbocycles. The first-order valence-electron chi connectivity index (χ1n) is 8.93. The molecule has 0 radical (unpaired) electrons. The van der Waals surface area contributed by atoms with Crippen LogP contribution in [-0.4, -0.2) is 33.9 Å². The van der Waals surface area contributed by atoms with E-state index < -0.39 is 0 Å². The van der Waals surface area contributed by atoms with E-state index in [0.29, 0.717) is 11.4 Å². The van der Waals surface area contributed by atoms with Crippen molar-refractivity contribution in [2.45, 2.75) is 13.3 Å². The topological polar surface area (TPSA) is 58.2 Å². The molecule has 1 heterocycles. The molecule has 0 unspecified atom stereocenters. The van der Waals surface area contributed by atoms with Crippen LogP contribution in [0, 0.1) is 11.3 Å². The first-order valence-corrected chi connectivity index (χ1v) is 9.30. The highest BCUT2D eigenvalue weighted by molar-refractivity contribution is 6.31. The van der Waals surface area contributed by atoms with Gasteiger partial charge in [-0.05, 0) is 43.3 Å². The van der Waals surface area contributed by atoms with E-state index in [-0.39, 0.29) is 0 Å². The second-order valence-corrected chi connectivity index (χ2v) is 6.97. The van der Waals surface area contributed by atoms with Crippen molar-refractivity contribution in [1.29, 1.82) is 5.26 Å². The number of hydrogen-bond donors (Lipinski definition) is 0. The molecule has 140 valence electrons. The summed E-state index contributed by atoms with van der Waals surface area (Å²) in [6.07, 6.45) is 0.511. The molecule has 0 spiro atoms. The van der Waals surface area contributed by atoms with E-state index in [2.05, 4.69) is 37.9 Å². The van der Waals surface area contributed by atoms with Crippen molar-refractivity contribution in [2.75, 3.05) is 48.6 Å². The number of anilines is 3. The predicted octanol–water partition coefficient (Wildman–Crippen LogP) is 5.34. The average Bonchev–Trinajstić information content (AvgIpc) is 2.95. The number of nitriles is 1. The summed E-state index contributed by atoms with van der Waals surface area (Å²) >= 11 is 6.26. The molecule has 27 heavy (non-hydrogen) atoms. The van der Waals surface area contributed by atoms with Gasteiger partial charge in [0.15, 0.2) is 0 Å². The van der Waals surface area contributed by atoms with Crippen molar-refractivity contribution in [2.24, 2.45) is 10.2 Å². The summed E-state index contributed by atoms with van der Waals surface area (Å²) in [4.78, 5) is 6.44. The predicted molar refractivity (Wildman–Crippen MR) is 112 cm³/mol. The number of azo groups is 1. The fraction of sp³-hybridized carbons (Fsp3) is 0.350. The largest absolute Gasteiger partial charge is 0.371 e. The lowest BCUT2D eigenvalue weighted by Crippen LogP contribution is -2.23. The second kappa shape index (κ2) is 8.28. The fourth-order valence-corrected chi connectivity index (χ4v) is 3.50. The van der Waals surface area contributed by atoms with Crippen molar-refractivity contribution in [3.63, 3.8) is 0 Å². The maximum atomic E-state index is 8.78. The van der Waals surface area contributed by atoms with Crippen LogP contribution >= 0.6 is 11.6 Å². The average molecular weight is 383 g/mol. The standard InChI is InChI=1S/C20H23ClN6/c1-4-27(11-5-10-22)17-8-6-16(7-9-17)23-24-18-12-15(21)13-19-20(18)26(3)14-25(19)2/h6-9,12-13H,4-5,11,14H2,1-3H3. The van der Waals surface area contributed by atoms with E-state index in [1.54, 1.807) is 0 Å². The number of benzene rings is 2. The molecular weight excluding hydrogens is 360 g/mol. The molecule has 6 nitrogen and oxygen atoms in total. The van der Waals surface area contributed by atoms with Gasteiger partial charge in [0.05, 0.1) is 36.2 Å². The van der Waals surface area contributed by atoms with Gasteiger partial charge in [-0.25, -0.2) is 0 Å². The van der Waals surface area contributed by atoms with E-state index in [9.17, 15) is 0 Å². The number of hydrogen-bond acceptors (Lipinski definition) is 6. The molecule has 0 saturated heterocycles. The van der Waals surface area contributed by atoms with Crippen molar-refractivity contribution >= 4 is 40.0 Å². The third-order valence-electron chi connectivity index (χ3n) is 4.61. The first-order chi connectivity index (χ1) is 13.0. The molecule has 0 aromatic heterocycles. The van der Waals surface area contributed by atoms with Crippen LogP contribution in [0.2, 0.25) is 5.02 Å². The lowest BCUT2D eigenvalue weighted by molar-refractivity contribution is 0.827. The van der Waals surface area contributed by atoms with Crippen molar-refractivity contribution in [3.8, 4) is 6.07 Å². The SMILES string of the molecule is CCN(CCC#N)c1ccc(N=Nc2cc(Cl)cc3c2N(C)CN3C)cc1. The summed E-state index contributed by atoms with van der Waals surface area (Å²) in [5, 5.41) is 18.3. The highest BCUT2D eigenvalue weighted by Crippen LogP contribution is 2.44. The Kier molecular flexibility index (Phi) is 5.82. The molecule has 0 amide bonds. The molecule has 0 fully saturated rings. The number of fused-ring (bicyclic) bond motifs is 1. The molecule has 1 aliphatic heterocycles. The summed E-state index contributed by atoms with van der Waals surface area (Å²) in [5.41, 5.74) is 4.72. The number of rotatable bonds is 6. The molecule has 0 aliphatic carbocycles. The molecular formula is C20H23ClN6. The van der Waals surface area contributed by atoms with Crippen LogP contribution in [0.3, 0.4) is 0 Å². The van der Waals surface area contributed by atoms with Gasteiger partial charge >= 0.3 is 0 Å². The van der Waals surface area contributed by atoms with Crippen molar-refractivity contribution in [1.82, 2.24) is 0 Å². The molecule has 0 bridgehead atoms. The Labute approximate surface area is 165 Å². The Morgan fingerprint density at radius 1 is 1.15 bits per heavy atom. The summed E-state index contributed by atoms with van der Waals surface area (Å²) in [6.45, 7) is 4.46. The zero-order chi connectivity index (χ0) is 19.4. The van der Waals surface area contributed by atoms with E-state index in [1.165, 1.54) is 0 Å². The Morgan fingerprint density at radius 2 is 1.89 bits per heavy atom. The van der Waals surface area contributed by atoms with E-state index in [4.69, 9.17) is 16.9 Å². The zero-order valence-electron chi connectivity index (χ0n) is 15.9. The van der Waals surface area contributed by atoms with E-state index in [1.807, 2.05) is 50.5 Å². The molecule has 1 aliphatic rings. The molecule has 2 aromatic rings. The maximum Gasteiger partial charge on any atom is 0.113 e. The zero-order valence-corrected chi connectivity index (χ0v) is 16.6. The lowest BCUT2D eigenvalue weighted by atomic mass is 10.2. The highest BCUT2D eigenvalue weighted by atomic mass is 35.5. The van der Waals surface area contributed by atoms with Gasteiger partial charge in [0, 0.05) is 37.9 Å². The van der Waals surface area contributed by atoms with Gasteiger partial charge in [0.1, 0.15) is 5.69 Å². The van der Waals surface area contributed by atoms with Gasteiger partial charge in [0.25, 0.3) is 0 Å². The van der Waals surface area contributed by atoms with E-state index in [0.717, 1.165) is 48.2 Å². The summed E-state index contributed by atoms with van der Waals surface area (Å²) in [6, 6.07) is 13.9. The van der Waals surface area contributed by atoms with Gasteiger partial charge in [-0.1, -0.05) is 11.6 Å². The monoisotopic (exact) mass is 382 g/mol. The quantitative estimate of drug-likeness (QED) is 0.633. The Balaban J connectivity index is 1.81. The minimum Gasteiger partial charge on any atom is -0.371 e. The highest BCUT2D eigenvalue weighted by Gasteiger charge is 2.24. The first kappa shape index (κ1) is 19.0. The molecule has 0 N–H and O–H groups in total. The summed E-state index contributed by atoms with van der Waals surface area (Å²) < 4.78 is 0. The Morgan fingerprint density at radius 3 is 2.56 bits per heavy atom. The number of nitrogens with zero attached hydrogens (tertiary/aromatic N) is 6. The summed E-state index contributed by atoms with van der Waals surface area (Å²) in [7, 11) is 4.06. The normalized spacial score (nSPS) is 13.1.